The number of halogens is 1. The average Bonchev–Trinajstić information content (AvgIpc) is 3.16. The topological polar surface area (TPSA) is 33.1 Å². The first kappa shape index (κ1) is 18.2. The molecule has 0 radical (unpaired) electrons. The highest BCUT2D eigenvalue weighted by atomic mass is 35.5. The SMILES string of the molecule is OCCCc1ccc(Cc2cc(-c3cccc(Cl)c3)nc3c2CCC3)cc1. The van der Waals surface area contributed by atoms with E-state index >= 15 is 0 Å². The Kier molecular flexibility index (Phi) is 5.56. The van der Waals surface area contributed by atoms with Crippen LogP contribution < -0.4 is 0 Å². The summed E-state index contributed by atoms with van der Waals surface area (Å²) >= 11 is 6.19. The Bertz CT molecular complexity index is 934. The highest BCUT2D eigenvalue weighted by Gasteiger charge is 2.18. The van der Waals surface area contributed by atoms with Gasteiger partial charge >= 0.3 is 0 Å². The van der Waals surface area contributed by atoms with E-state index in [1.807, 2.05) is 18.2 Å². The van der Waals surface area contributed by atoms with Gasteiger partial charge in [-0.15, -0.1) is 0 Å². The lowest BCUT2D eigenvalue weighted by Crippen LogP contribution is -2.00. The molecule has 1 heterocycles. The van der Waals surface area contributed by atoms with Gasteiger partial charge in [0.25, 0.3) is 0 Å². The van der Waals surface area contributed by atoms with Crippen molar-refractivity contribution in [2.45, 2.75) is 38.5 Å². The minimum atomic E-state index is 0.247. The third kappa shape index (κ3) is 4.23. The molecule has 0 unspecified atom stereocenters. The Hall–Kier alpha value is -2.16. The molecule has 3 heteroatoms. The number of pyridine rings is 1. The molecule has 4 rings (SSSR count). The first-order chi connectivity index (χ1) is 13.2. The van der Waals surface area contributed by atoms with Gasteiger partial charge in [-0.05, 0) is 79.0 Å². The van der Waals surface area contributed by atoms with Crippen LogP contribution >= 0.6 is 11.6 Å². The van der Waals surface area contributed by atoms with Gasteiger partial charge < -0.3 is 5.11 Å². The van der Waals surface area contributed by atoms with Gasteiger partial charge in [0.05, 0.1) is 5.69 Å². The van der Waals surface area contributed by atoms with E-state index in [0.29, 0.717) is 0 Å². The minimum Gasteiger partial charge on any atom is -0.396 e. The second-order valence-corrected chi connectivity index (χ2v) is 7.71. The van der Waals surface area contributed by atoms with Crippen molar-refractivity contribution in [3.05, 3.63) is 87.6 Å². The molecule has 0 aliphatic heterocycles. The molecule has 1 N–H and O–H groups in total. The predicted octanol–water partition coefficient (Wildman–Crippen LogP) is 5.41. The van der Waals surface area contributed by atoms with Crippen molar-refractivity contribution in [1.82, 2.24) is 4.98 Å². The van der Waals surface area contributed by atoms with E-state index in [0.717, 1.165) is 48.4 Å². The summed E-state index contributed by atoms with van der Waals surface area (Å²) in [7, 11) is 0. The van der Waals surface area contributed by atoms with E-state index in [1.54, 1.807) is 0 Å². The molecule has 0 saturated carbocycles. The van der Waals surface area contributed by atoms with Crippen LogP contribution in [0.5, 0.6) is 0 Å². The summed E-state index contributed by atoms with van der Waals surface area (Å²) in [5, 5.41) is 9.73. The number of rotatable bonds is 6. The standard InChI is InChI=1S/C24H24ClNO/c25-21-6-1-5-19(15-21)24-16-20(22-7-2-8-23(22)26-24)14-18-11-9-17(10-12-18)4-3-13-27/h1,5-6,9-12,15-16,27H,2-4,7-8,13-14H2. The molecule has 2 nitrogen and oxygen atoms in total. The Morgan fingerprint density at radius 1 is 0.963 bits per heavy atom. The number of hydrogen-bond acceptors (Lipinski definition) is 2. The van der Waals surface area contributed by atoms with E-state index in [9.17, 15) is 0 Å². The van der Waals surface area contributed by atoms with Crippen LogP contribution in [0, 0.1) is 0 Å². The Labute approximate surface area is 165 Å². The van der Waals surface area contributed by atoms with Gasteiger partial charge in [-0.2, -0.15) is 0 Å². The van der Waals surface area contributed by atoms with Gasteiger partial charge in [0.15, 0.2) is 0 Å². The molecule has 0 amide bonds. The summed E-state index contributed by atoms with van der Waals surface area (Å²) < 4.78 is 0. The fourth-order valence-corrected chi connectivity index (χ4v) is 4.10. The molecule has 2 aromatic carbocycles. The van der Waals surface area contributed by atoms with Crippen LogP contribution in [0.15, 0.2) is 54.6 Å². The number of fused-ring (bicyclic) bond motifs is 1. The molecule has 1 aliphatic carbocycles. The largest absolute Gasteiger partial charge is 0.396 e. The quantitative estimate of drug-likeness (QED) is 0.623. The zero-order valence-corrected chi connectivity index (χ0v) is 16.2. The van der Waals surface area contributed by atoms with Crippen LogP contribution in [0.2, 0.25) is 5.02 Å². The zero-order chi connectivity index (χ0) is 18.6. The smallest absolute Gasteiger partial charge is 0.0708 e. The Balaban J connectivity index is 1.64. The lowest BCUT2D eigenvalue weighted by Gasteiger charge is -2.12. The normalized spacial score (nSPS) is 13.0. The first-order valence-electron chi connectivity index (χ1n) is 9.69. The second-order valence-electron chi connectivity index (χ2n) is 7.28. The number of aliphatic hydroxyl groups is 1. The highest BCUT2D eigenvalue weighted by molar-refractivity contribution is 6.30. The Morgan fingerprint density at radius 2 is 1.78 bits per heavy atom. The molecule has 1 aromatic heterocycles. The van der Waals surface area contributed by atoms with Gasteiger partial charge in [-0.3, -0.25) is 4.98 Å². The van der Waals surface area contributed by atoms with E-state index in [1.165, 1.54) is 34.4 Å². The van der Waals surface area contributed by atoms with Crippen molar-refractivity contribution >= 4 is 11.6 Å². The predicted molar refractivity (Wildman–Crippen MR) is 111 cm³/mol. The third-order valence-electron chi connectivity index (χ3n) is 5.30. The fraction of sp³-hybridized carbons (Fsp3) is 0.292. The molecule has 0 saturated heterocycles. The van der Waals surface area contributed by atoms with E-state index in [-0.39, 0.29) is 6.61 Å². The molecule has 0 atom stereocenters. The summed E-state index contributed by atoms with van der Waals surface area (Å²) in [6, 6.07) is 19.0. The van der Waals surface area contributed by atoms with Crippen molar-refractivity contribution in [3.8, 4) is 11.3 Å². The van der Waals surface area contributed by atoms with Gasteiger partial charge in [-0.1, -0.05) is 48.0 Å². The number of aryl methyl sites for hydroxylation is 2. The second kappa shape index (κ2) is 8.24. The summed E-state index contributed by atoms with van der Waals surface area (Å²) in [6.45, 7) is 0.247. The van der Waals surface area contributed by atoms with Crippen molar-refractivity contribution in [2.24, 2.45) is 0 Å². The van der Waals surface area contributed by atoms with Gasteiger partial charge in [0, 0.05) is 22.9 Å². The van der Waals surface area contributed by atoms with Crippen molar-refractivity contribution in [3.63, 3.8) is 0 Å². The molecule has 1 aliphatic rings. The summed E-state index contributed by atoms with van der Waals surface area (Å²) in [5.41, 5.74) is 8.78. The van der Waals surface area contributed by atoms with E-state index in [2.05, 4.69) is 36.4 Å². The maximum atomic E-state index is 8.99. The molecular formula is C24H24ClNO. The molecule has 138 valence electrons. The molecule has 27 heavy (non-hydrogen) atoms. The molecule has 3 aromatic rings. The number of aliphatic hydroxyl groups excluding tert-OH is 1. The summed E-state index contributed by atoms with van der Waals surface area (Å²) in [5.74, 6) is 0. The van der Waals surface area contributed by atoms with Crippen LogP contribution in [0.25, 0.3) is 11.3 Å². The highest BCUT2D eigenvalue weighted by Crippen LogP contribution is 2.31. The number of hydrogen-bond donors (Lipinski definition) is 1. The lowest BCUT2D eigenvalue weighted by molar-refractivity contribution is 0.288. The van der Waals surface area contributed by atoms with Crippen molar-refractivity contribution in [1.29, 1.82) is 0 Å². The molecule has 0 bridgehead atoms. The monoisotopic (exact) mass is 377 g/mol. The lowest BCUT2D eigenvalue weighted by atomic mass is 9.96. The number of benzene rings is 2. The zero-order valence-electron chi connectivity index (χ0n) is 15.4. The van der Waals surface area contributed by atoms with Crippen molar-refractivity contribution in [2.75, 3.05) is 6.61 Å². The average molecular weight is 378 g/mol. The van der Waals surface area contributed by atoms with Gasteiger partial charge in [0.1, 0.15) is 0 Å². The van der Waals surface area contributed by atoms with Gasteiger partial charge in [0.2, 0.25) is 0 Å². The molecular weight excluding hydrogens is 354 g/mol. The van der Waals surface area contributed by atoms with Crippen LogP contribution in [0.4, 0.5) is 0 Å². The first-order valence-corrected chi connectivity index (χ1v) is 10.1. The van der Waals surface area contributed by atoms with Crippen LogP contribution in [0.3, 0.4) is 0 Å². The van der Waals surface area contributed by atoms with Crippen LogP contribution in [-0.4, -0.2) is 16.7 Å². The summed E-state index contributed by atoms with van der Waals surface area (Å²) in [4.78, 5) is 4.93. The van der Waals surface area contributed by atoms with Gasteiger partial charge in [-0.25, -0.2) is 0 Å². The Morgan fingerprint density at radius 3 is 2.56 bits per heavy atom. The van der Waals surface area contributed by atoms with Crippen LogP contribution in [-0.2, 0) is 25.7 Å². The van der Waals surface area contributed by atoms with E-state index in [4.69, 9.17) is 21.7 Å². The number of aromatic nitrogens is 1. The maximum absolute atomic E-state index is 8.99. The van der Waals surface area contributed by atoms with Crippen LogP contribution in [0.1, 0.15) is 40.8 Å². The molecule has 0 fully saturated rings. The fourth-order valence-electron chi connectivity index (χ4n) is 3.91. The van der Waals surface area contributed by atoms with Crippen molar-refractivity contribution < 1.29 is 5.11 Å². The number of nitrogens with zero attached hydrogens (tertiary/aromatic N) is 1. The van der Waals surface area contributed by atoms with E-state index < -0.39 is 0 Å². The minimum absolute atomic E-state index is 0.247. The summed E-state index contributed by atoms with van der Waals surface area (Å²) in [6.07, 6.45) is 6.06. The molecule has 0 spiro atoms. The third-order valence-corrected chi connectivity index (χ3v) is 5.54. The maximum Gasteiger partial charge on any atom is 0.0708 e.